The van der Waals surface area contributed by atoms with Crippen molar-refractivity contribution >= 4 is 23.5 Å². The standard InChI is InChI=1S/C10H14N2O2S/c1-11-8-4-3-5-9(12-8)15-7-6-10(13)14-2/h3-5H,6-7H2,1-2H3,(H,11,12). The summed E-state index contributed by atoms with van der Waals surface area (Å²) in [5.41, 5.74) is 0. The molecule has 0 spiro atoms. The van der Waals surface area contributed by atoms with Crippen molar-refractivity contribution in [2.75, 3.05) is 25.2 Å². The lowest BCUT2D eigenvalue weighted by Crippen LogP contribution is -2.01. The number of carbonyl (C=O) groups is 1. The van der Waals surface area contributed by atoms with E-state index in [4.69, 9.17) is 0 Å². The quantitative estimate of drug-likeness (QED) is 0.612. The zero-order valence-corrected chi connectivity index (χ0v) is 9.63. The maximum absolute atomic E-state index is 10.9. The summed E-state index contributed by atoms with van der Waals surface area (Å²) in [6, 6.07) is 5.74. The van der Waals surface area contributed by atoms with Gasteiger partial charge in [0.15, 0.2) is 0 Å². The number of nitrogens with zero attached hydrogens (tertiary/aromatic N) is 1. The minimum Gasteiger partial charge on any atom is -0.469 e. The van der Waals surface area contributed by atoms with E-state index in [1.807, 2.05) is 25.2 Å². The average Bonchev–Trinajstić information content (AvgIpc) is 2.29. The summed E-state index contributed by atoms with van der Waals surface area (Å²) in [4.78, 5) is 15.2. The number of ether oxygens (including phenoxy) is 1. The van der Waals surface area contributed by atoms with Crippen LogP contribution in [0.5, 0.6) is 0 Å². The molecule has 0 fully saturated rings. The number of hydrogen-bond donors (Lipinski definition) is 1. The summed E-state index contributed by atoms with van der Waals surface area (Å²) >= 11 is 1.54. The highest BCUT2D eigenvalue weighted by Gasteiger charge is 2.02. The molecule has 0 aliphatic carbocycles. The van der Waals surface area contributed by atoms with Gasteiger partial charge in [-0.25, -0.2) is 4.98 Å². The molecule has 5 heteroatoms. The van der Waals surface area contributed by atoms with Gasteiger partial charge in [-0.05, 0) is 12.1 Å². The summed E-state index contributed by atoms with van der Waals surface area (Å²) in [6.07, 6.45) is 0.409. The SMILES string of the molecule is CNc1cccc(SCCC(=O)OC)n1. The van der Waals surface area contributed by atoms with Gasteiger partial charge in [0.05, 0.1) is 18.6 Å². The summed E-state index contributed by atoms with van der Waals surface area (Å²) in [5, 5.41) is 3.87. The van der Waals surface area contributed by atoms with Gasteiger partial charge in [0, 0.05) is 12.8 Å². The number of methoxy groups -OCH3 is 1. The van der Waals surface area contributed by atoms with Gasteiger partial charge >= 0.3 is 5.97 Å². The van der Waals surface area contributed by atoms with Crippen LogP contribution in [-0.2, 0) is 9.53 Å². The molecule has 1 heterocycles. The largest absolute Gasteiger partial charge is 0.469 e. The van der Waals surface area contributed by atoms with Crippen LogP contribution >= 0.6 is 11.8 Å². The number of thioether (sulfide) groups is 1. The lowest BCUT2D eigenvalue weighted by atomic mass is 10.5. The molecular weight excluding hydrogens is 212 g/mol. The number of anilines is 1. The van der Waals surface area contributed by atoms with Crippen LogP contribution in [0.4, 0.5) is 5.82 Å². The normalized spacial score (nSPS) is 9.73. The molecule has 1 aromatic rings. The van der Waals surface area contributed by atoms with Crippen molar-refractivity contribution in [3.8, 4) is 0 Å². The van der Waals surface area contributed by atoms with Gasteiger partial charge in [0.2, 0.25) is 0 Å². The Morgan fingerprint density at radius 2 is 2.40 bits per heavy atom. The van der Waals surface area contributed by atoms with Gasteiger partial charge in [-0.2, -0.15) is 0 Å². The minimum absolute atomic E-state index is 0.188. The molecule has 1 rings (SSSR count). The maximum atomic E-state index is 10.9. The molecular formula is C10H14N2O2S. The van der Waals surface area contributed by atoms with Crippen LogP contribution in [0.3, 0.4) is 0 Å². The van der Waals surface area contributed by atoms with E-state index in [0.29, 0.717) is 12.2 Å². The van der Waals surface area contributed by atoms with Crippen LogP contribution < -0.4 is 5.32 Å². The van der Waals surface area contributed by atoms with E-state index in [1.165, 1.54) is 7.11 Å². The smallest absolute Gasteiger partial charge is 0.306 e. The molecule has 82 valence electrons. The van der Waals surface area contributed by atoms with E-state index in [-0.39, 0.29) is 5.97 Å². The molecule has 0 bridgehead atoms. The van der Waals surface area contributed by atoms with Crippen LogP contribution in [0.2, 0.25) is 0 Å². The number of pyridine rings is 1. The second-order valence-corrected chi connectivity index (χ2v) is 3.90. The molecule has 0 radical (unpaired) electrons. The Morgan fingerprint density at radius 1 is 1.60 bits per heavy atom. The van der Waals surface area contributed by atoms with Crippen molar-refractivity contribution in [3.05, 3.63) is 18.2 Å². The van der Waals surface area contributed by atoms with Crippen molar-refractivity contribution in [1.82, 2.24) is 4.98 Å². The number of esters is 1. The zero-order chi connectivity index (χ0) is 11.1. The molecule has 0 aliphatic rings. The van der Waals surface area contributed by atoms with Gasteiger partial charge in [-0.1, -0.05) is 6.07 Å². The van der Waals surface area contributed by atoms with Gasteiger partial charge in [0.1, 0.15) is 5.82 Å². The minimum atomic E-state index is -0.188. The predicted octanol–water partition coefficient (Wildman–Crippen LogP) is 1.78. The lowest BCUT2D eigenvalue weighted by molar-refractivity contribution is -0.140. The van der Waals surface area contributed by atoms with Gasteiger partial charge in [-0.3, -0.25) is 4.79 Å². The van der Waals surface area contributed by atoms with Crippen molar-refractivity contribution in [2.24, 2.45) is 0 Å². The molecule has 0 amide bonds. The van der Waals surface area contributed by atoms with Gasteiger partial charge in [-0.15, -0.1) is 11.8 Å². The second kappa shape index (κ2) is 6.29. The summed E-state index contributed by atoms with van der Waals surface area (Å²) < 4.78 is 4.55. The number of nitrogens with one attached hydrogen (secondary N) is 1. The monoisotopic (exact) mass is 226 g/mol. The highest BCUT2D eigenvalue weighted by atomic mass is 32.2. The van der Waals surface area contributed by atoms with E-state index in [0.717, 1.165) is 10.8 Å². The highest BCUT2D eigenvalue weighted by Crippen LogP contribution is 2.17. The Bertz CT molecular complexity index is 331. The van der Waals surface area contributed by atoms with E-state index < -0.39 is 0 Å². The number of carbonyl (C=O) groups excluding carboxylic acids is 1. The molecule has 0 unspecified atom stereocenters. The number of rotatable bonds is 5. The first-order chi connectivity index (χ1) is 7.26. The summed E-state index contributed by atoms with van der Waals surface area (Å²) in [7, 11) is 3.22. The van der Waals surface area contributed by atoms with Crippen molar-refractivity contribution < 1.29 is 9.53 Å². The lowest BCUT2D eigenvalue weighted by Gasteiger charge is -2.02. The van der Waals surface area contributed by atoms with Crippen LogP contribution in [0.15, 0.2) is 23.2 Å². The Hall–Kier alpha value is -1.23. The third-order valence-corrected chi connectivity index (χ3v) is 2.69. The van der Waals surface area contributed by atoms with Crippen LogP contribution in [0, 0.1) is 0 Å². The molecule has 0 aliphatic heterocycles. The number of hydrogen-bond acceptors (Lipinski definition) is 5. The third-order valence-electron chi connectivity index (χ3n) is 1.76. The fourth-order valence-electron chi connectivity index (χ4n) is 0.975. The second-order valence-electron chi connectivity index (χ2n) is 2.79. The summed E-state index contributed by atoms with van der Waals surface area (Å²) in [6.45, 7) is 0. The summed E-state index contributed by atoms with van der Waals surface area (Å²) in [5.74, 6) is 1.33. The predicted molar refractivity (Wildman–Crippen MR) is 61.1 cm³/mol. The molecule has 1 N–H and O–H groups in total. The molecule has 0 saturated carbocycles. The fourth-order valence-corrected chi connectivity index (χ4v) is 1.79. The molecule has 4 nitrogen and oxygen atoms in total. The van der Waals surface area contributed by atoms with Crippen molar-refractivity contribution in [2.45, 2.75) is 11.4 Å². The van der Waals surface area contributed by atoms with Crippen LogP contribution in [0.25, 0.3) is 0 Å². The Balaban J connectivity index is 2.40. The topological polar surface area (TPSA) is 51.2 Å². The highest BCUT2D eigenvalue weighted by molar-refractivity contribution is 7.99. The fraction of sp³-hybridized carbons (Fsp3) is 0.400. The first-order valence-electron chi connectivity index (χ1n) is 4.60. The zero-order valence-electron chi connectivity index (χ0n) is 8.82. The van der Waals surface area contributed by atoms with Crippen molar-refractivity contribution in [3.63, 3.8) is 0 Å². The Labute approximate surface area is 93.4 Å². The van der Waals surface area contributed by atoms with Crippen LogP contribution in [-0.4, -0.2) is 30.9 Å². The molecule has 15 heavy (non-hydrogen) atoms. The Morgan fingerprint density at radius 3 is 3.07 bits per heavy atom. The van der Waals surface area contributed by atoms with E-state index in [1.54, 1.807) is 11.8 Å². The molecule has 0 saturated heterocycles. The average molecular weight is 226 g/mol. The molecule has 0 atom stereocenters. The molecule has 1 aromatic heterocycles. The third kappa shape index (κ3) is 4.20. The van der Waals surface area contributed by atoms with E-state index in [2.05, 4.69) is 15.0 Å². The number of aromatic nitrogens is 1. The molecule has 0 aromatic carbocycles. The van der Waals surface area contributed by atoms with Crippen LogP contribution in [0.1, 0.15) is 6.42 Å². The van der Waals surface area contributed by atoms with Crippen molar-refractivity contribution in [1.29, 1.82) is 0 Å². The van der Waals surface area contributed by atoms with E-state index >= 15 is 0 Å². The first kappa shape index (κ1) is 11.8. The maximum Gasteiger partial charge on any atom is 0.306 e. The van der Waals surface area contributed by atoms with Gasteiger partial charge in [0.25, 0.3) is 0 Å². The Kier molecular flexibility index (Phi) is 4.97. The van der Waals surface area contributed by atoms with E-state index in [9.17, 15) is 4.79 Å². The van der Waals surface area contributed by atoms with Gasteiger partial charge < -0.3 is 10.1 Å². The first-order valence-corrected chi connectivity index (χ1v) is 5.59.